The molecule has 3 rings (SSSR count). The third kappa shape index (κ3) is 9.05. The second kappa shape index (κ2) is 14.3. The van der Waals surface area contributed by atoms with E-state index in [1.54, 1.807) is 4.90 Å². The molecule has 1 amide bonds. The molecular formula is C33H40BrN3O3. The molecule has 0 spiro atoms. The zero-order valence-electron chi connectivity index (χ0n) is 24.2. The smallest absolute Gasteiger partial charge is 0.307 e. The maximum atomic E-state index is 11.8. The van der Waals surface area contributed by atoms with Crippen LogP contribution < -0.4 is 0 Å². The van der Waals surface area contributed by atoms with Crippen LogP contribution in [0.5, 0.6) is 0 Å². The van der Waals surface area contributed by atoms with E-state index < -0.39 is 5.97 Å². The van der Waals surface area contributed by atoms with E-state index in [9.17, 15) is 9.59 Å². The van der Waals surface area contributed by atoms with Crippen molar-refractivity contribution in [2.75, 3.05) is 13.6 Å². The Morgan fingerprint density at radius 1 is 0.975 bits per heavy atom. The summed E-state index contributed by atoms with van der Waals surface area (Å²) < 4.78 is 1.09. The average Bonchev–Trinajstić information content (AvgIpc) is 2.88. The first-order valence-corrected chi connectivity index (χ1v) is 14.5. The van der Waals surface area contributed by atoms with E-state index >= 15 is 0 Å². The molecule has 40 heavy (non-hydrogen) atoms. The summed E-state index contributed by atoms with van der Waals surface area (Å²) in [6, 6.07) is 22.5. The van der Waals surface area contributed by atoms with E-state index in [4.69, 9.17) is 10.2 Å². The first-order valence-electron chi connectivity index (χ1n) is 13.7. The number of hydrazone groups is 1. The van der Waals surface area contributed by atoms with E-state index in [-0.39, 0.29) is 11.8 Å². The van der Waals surface area contributed by atoms with Gasteiger partial charge >= 0.3 is 5.97 Å². The maximum absolute atomic E-state index is 11.8. The van der Waals surface area contributed by atoms with Crippen LogP contribution in [0.15, 0.2) is 76.3 Å². The van der Waals surface area contributed by atoms with Gasteiger partial charge in [-0.2, -0.15) is 5.10 Å². The lowest BCUT2D eigenvalue weighted by atomic mass is 9.86. The number of carbonyl (C=O) groups is 2. The van der Waals surface area contributed by atoms with Crippen molar-refractivity contribution in [1.29, 1.82) is 0 Å². The Labute approximate surface area is 246 Å². The van der Waals surface area contributed by atoms with Crippen LogP contribution in [0.2, 0.25) is 0 Å². The predicted molar refractivity (Wildman–Crippen MR) is 166 cm³/mol. The van der Waals surface area contributed by atoms with Gasteiger partial charge in [-0.25, -0.2) is 0 Å². The van der Waals surface area contributed by atoms with Gasteiger partial charge in [0.15, 0.2) is 0 Å². The molecule has 0 fully saturated rings. The Hall–Kier alpha value is -3.45. The lowest BCUT2D eigenvalue weighted by Gasteiger charge is -2.23. The number of aryl methyl sites for hydroxylation is 1. The van der Waals surface area contributed by atoms with Gasteiger partial charge in [0.05, 0.1) is 13.0 Å². The summed E-state index contributed by atoms with van der Waals surface area (Å²) in [4.78, 5) is 24.5. The van der Waals surface area contributed by atoms with Gasteiger partial charge in [0, 0.05) is 24.5 Å². The Morgan fingerprint density at radius 3 is 2.27 bits per heavy atom. The van der Waals surface area contributed by atoms with Crippen LogP contribution in [0.3, 0.4) is 0 Å². The van der Waals surface area contributed by atoms with Gasteiger partial charge in [0.25, 0.3) is 0 Å². The van der Waals surface area contributed by atoms with Crippen LogP contribution in [0, 0.1) is 0 Å². The fraction of sp³-hybridized carbons (Fsp3) is 0.364. The van der Waals surface area contributed by atoms with Crippen LogP contribution >= 0.6 is 15.9 Å². The fourth-order valence-corrected chi connectivity index (χ4v) is 5.70. The van der Waals surface area contributed by atoms with Gasteiger partial charge in [0.1, 0.15) is 5.84 Å². The molecule has 212 valence electrons. The molecule has 0 saturated heterocycles. The molecule has 0 aromatic heterocycles. The Bertz CT molecular complexity index is 1330. The van der Waals surface area contributed by atoms with Crippen molar-refractivity contribution < 1.29 is 14.7 Å². The van der Waals surface area contributed by atoms with Crippen LogP contribution in [0.4, 0.5) is 0 Å². The summed E-state index contributed by atoms with van der Waals surface area (Å²) in [5, 5.41) is 15.8. The number of rotatable bonds is 12. The van der Waals surface area contributed by atoms with Gasteiger partial charge in [-0.1, -0.05) is 97.4 Å². The number of benzene rings is 3. The molecule has 0 aliphatic rings. The third-order valence-corrected chi connectivity index (χ3v) is 7.43. The molecule has 0 radical (unpaired) electrons. The van der Waals surface area contributed by atoms with Gasteiger partial charge in [-0.3, -0.25) is 14.6 Å². The van der Waals surface area contributed by atoms with E-state index in [2.05, 4.69) is 79.2 Å². The second-order valence-corrected chi connectivity index (χ2v) is 12.0. The average molecular weight is 607 g/mol. The minimum absolute atomic E-state index is 0.0155. The van der Waals surface area contributed by atoms with Crippen molar-refractivity contribution in [2.24, 2.45) is 5.10 Å². The Morgan fingerprint density at radius 2 is 1.68 bits per heavy atom. The highest BCUT2D eigenvalue weighted by molar-refractivity contribution is 9.10. The number of carbonyl (C=O) groups excluding carboxylic acids is 1. The summed E-state index contributed by atoms with van der Waals surface area (Å²) in [6.45, 7) is 9.76. The second-order valence-electron chi connectivity index (χ2n) is 11.1. The van der Waals surface area contributed by atoms with Crippen molar-refractivity contribution in [1.82, 2.24) is 9.91 Å². The van der Waals surface area contributed by atoms with Crippen LogP contribution in [-0.4, -0.2) is 46.8 Å². The van der Waals surface area contributed by atoms with Gasteiger partial charge in [-0.15, -0.1) is 0 Å². The molecule has 7 heteroatoms. The lowest BCUT2D eigenvalue weighted by Crippen LogP contribution is -2.31. The number of aliphatic carboxylic acids is 1. The Kier molecular flexibility index (Phi) is 11.1. The number of hydrogen-bond acceptors (Lipinski definition) is 4. The SMILES string of the molecule is CCN(C=O)/C(CCCc1ccc(-c2cccc(CC(=O)O)c2)cc1)=N\N(C)Cc1ccc(C(C)(C)C)c(Br)c1. The predicted octanol–water partition coefficient (Wildman–Crippen LogP) is 7.29. The van der Waals surface area contributed by atoms with E-state index in [0.717, 1.165) is 51.8 Å². The van der Waals surface area contributed by atoms with Gasteiger partial charge < -0.3 is 10.0 Å². The molecule has 6 nitrogen and oxygen atoms in total. The molecule has 0 unspecified atom stereocenters. The largest absolute Gasteiger partial charge is 0.481 e. The third-order valence-electron chi connectivity index (χ3n) is 6.77. The maximum Gasteiger partial charge on any atom is 0.307 e. The van der Waals surface area contributed by atoms with Crippen molar-refractivity contribution in [3.05, 3.63) is 93.5 Å². The molecule has 0 atom stereocenters. The van der Waals surface area contributed by atoms with Crippen LogP contribution in [-0.2, 0) is 34.4 Å². The number of halogens is 1. The van der Waals surface area contributed by atoms with Crippen molar-refractivity contribution in [3.8, 4) is 11.1 Å². The number of carboxylic acids is 1. The summed E-state index contributed by atoms with van der Waals surface area (Å²) in [5.74, 6) is -0.0714. The number of carboxylic acid groups (broad SMARTS) is 1. The summed E-state index contributed by atoms with van der Waals surface area (Å²) in [7, 11) is 1.94. The number of amides is 1. The summed E-state index contributed by atoms with van der Waals surface area (Å²) in [6.07, 6.45) is 3.27. The van der Waals surface area contributed by atoms with E-state index in [0.29, 0.717) is 19.5 Å². The summed E-state index contributed by atoms with van der Waals surface area (Å²) >= 11 is 3.72. The molecular weight excluding hydrogens is 566 g/mol. The van der Waals surface area contributed by atoms with Crippen molar-refractivity contribution in [2.45, 2.75) is 65.3 Å². The standard InChI is InChI=1S/C33H40BrN3O3/c1-6-37(23-38)31(35-36(5)22-26-15-18-29(30(34)20-26)33(2,3)4)12-8-9-24-13-16-27(17-14-24)28-11-7-10-25(19-28)21-32(39)40/h7,10-11,13-20,23H,6,8-9,12,21-22H2,1-5H3,(H,39,40)/b35-31-. The highest BCUT2D eigenvalue weighted by Crippen LogP contribution is 2.30. The fourth-order valence-electron chi connectivity index (χ4n) is 4.68. The molecule has 0 heterocycles. The summed E-state index contributed by atoms with van der Waals surface area (Å²) in [5.41, 5.74) is 6.53. The highest BCUT2D eigenvalue weighted by atomic mass is 79.9. The molecule has 3 aromatic rings. The van der Waals surface area contributed by atoms with Crippen molar-refractivity contribution >= 4 is 34.1 Å². The highest BCUT2D eigenvalue weighted by Gasteiger charge is 2.17. The monoisotopic (exact) mass is 605 g/mol. The van der Waals surface area contributed by atoms with Crippen molar-refractivity contribution in [3.63, 3.8) is 0 Å². The number of nitrogens with zero attached hydrogens (tertiary/aromatic N) is 3. The zero-order chi connectivity index (χ0) is 29.3. The van der Waals surface area contributed by atoms with Gasteiger partial charge in [0.2, 0.25) is 6.41 Å². The zero-order valence-corrected chi connectivity index (χ0v) is 25.7. The normalized spacial score (nSPS) is 11.8. The van der Waals surface area contributed by atoms with E-state index in [1.807, 2.05) is 43.2 Å². The molecule has 0 bridgehead atoms. The molecule has 1 N–H and O–H groups in total. The molecule has 0 aliphatic heterocycles. The molecule has 0 aliphatic carbocycles. The van der Waals surface area contributed by atoms with Crippen LogP contribution in [0.25, 0.3) is 11.1 Å². The lowest BCUT2D eigenvalue weighted by molar-refractivity contribution is -0.136. The van der Waals surface area contributed by atoms with Gasteiger partial charge in [-0.05, 0) is 64.6 Å². The first-order chi connectivity index (χ1) is 19.0. The molecule has 0 saturated carbocycles. The van der Waals surface area contributed by atoms with E-state index in [1.165, 1.54) is 11.1 Å². The quantitative estimate of drug-likeness (QED) is 0.102. The van der Waals surface area contributed by atoms with Crippen LogP contribution in [0.1, 0.15) is 62.8 Å². The topological polar surface area (TPSA) is 73.2 Å². The molecule has 3 aromatic carbocycles. The number of hydrogen-bond donors (Lipinski definition) is 1. The minimum Gasteiger partial charge on any atom is -0.481 e. The first kappa shape index (κ1) is 31.1. The number of amidine groups is 1. The Balaban J connectivity index is 1.64. The minimum atomic E-state index is -0.833.